The summed E-state index contributed by atoms with van der Waals surface area (Å²) in [7, 11) is 0. The van der Waals surface area contributed by atoms with Gasteiger partial charge in [-0.15, -0.1) is 12.6 Å². The molecule has 0 aliphatic carbocycles. The molecule has 4 nitrogen and oxygen atoms in total. The summed E-state index contributed by atoms with van der Waals surface area (Å²) >= 11 is 4.27. The van der Waals surface area contributed by atoms with Gasteiger partial charge in [0.05, 0.1) is 12.1 Å². The van der Waals surface area contributed by atoms with E-state index in [1.165, 1.54) is 4.90 Å². The van der Waals surface area contributed by atoms with Crippen molar-refractivity contribution in [2.45, 2.75) is 31.7 Å². The molecule has 0 fully saturated rings. The average molecular weight is 280 g/mol. The van der Waals surface area contributed by atoms with Gasteiger partial charge in [-0.25, -0.2) is 0 Å². The Balaban J connectivity index is 2.78. The van der Waals surface area contributed by atoms with E-state index < -0.39 is 0 Å². The van der Waals surface area contributed by atoms with Crippen molar-refractivity contribution in [2.75, 3.05) is 13.1 Å². The molecule has 104 valence electrons. The number of nitrogens with one attached hydrogen (secondary N) is 1. The molecule has 0 radical (unpaired) electrons. The molecule has 19 heavy (non-hydrogen) atoms. The summed E-state index contributed by atoms with van der Waals surface area (Å²) in [6.45, 7) is 6.17. The fraction of sp³-hybridized carbons (Fsp3) is 0.429. The first-order valence-corrected chi connectivity index (χ1v) is 6.77. The van der Waals surface area contributed by atoms with Crippen LogP contribution in [0.15, 0.2) is 29.2 Å². The molecule has 0 saturated heterocycles. The molecule has 1 N–H and O–H groups in total. The Bertz CT molecular complexity index is 461. The highest BCUT2D eigenvalue weighted by atomic mass is 32.1. The van der Waals surface area contributed by atoms with E-state index >= 15 is 0 Å². The zero-order valence-electron chi connectivity index (χ0n) is 11.5. The highest BCUT2D eigenvalue weighted by Gasteiger charge is 2.19. The van der Waals surface area contributed by atoms with Gasteiger partial charge in [0.25, 0.3) is 5.91 Å². The lowest BCUT2D eigenvalue weighted by atomic mass is 10.2. The molecular weight excluding hydrogens is 260 g/mol. The Kier molecular flexibility index (Phi) is 5.89. The number of amides is 2. The van der Waals surface area contributed by atoms with Crippen LogP contribution in [0.3, 0.4) is 0 Å². The van der Waals surface area contributed by atoms with E-state index in [9.17, 15) is 9.59 Å². The minimum atomic E-state index is -0.174. The number of benzene rings is 1. The van der Waals surface area contributed by atoms with Crippen molar-refractivity contribution in [2.24, 2.45) is 0 Å². The van der Waals surface area contributed by atoms with Crippen LogP contribution in [0.25, 0.3) is 0 Å². The third-order valence-electron chi connectivity index (χ3n) is 2.59. The summed E-state index contributed by atoms with van der Waals surface area (Å²) in [6, 6.07) is 7.15. The summed E-state index contributed by atoms with van der Waals surface area (Å²) in [4.78, 5) is 26.2. The van der Waals surface area contributed by atoms with E-state index in [1.807, 2.05) is 26.8 Å². The second kappa shape index (κ2) is 7.19. The van der Waals surface area contributed by atoms with Gasteiger partial charge in [0, 0.05) is 17.5 Å². The quantitative estimate of drug-likeness (QED) is 0.810. The third kappa shape index (κ3) is 4.59. The van der Waals surface area contributed by atoms with E-state index in [2.05, 4.69) is 17.9 Å². The SMILES string of the molecule is CCN(CC(=O)NC(C)C)C(=O)c1ccccc1S. The van der Waals surface area contributed by atoms with Crippen LogP contribution in [-0.2, 0) is 4.79 Å². The monoisotopic (exact) mass is 280 g/mol. The number of carbonyl (C=O) groups excluding carboxylic acids is 2. The van der Waals surface area contributed by atoms with Crippen LogP contribution in [0.5, 0.6) is 0 Å². The summed E-state index contributed by atoms with van der Waals surface area (Å²) in [5.74, 6) is -0.325. The third-order valence-corrected chi connectivity index (χ3v) is 2.98. The zero-order valence-corrected chi connectivity index (χ0v) is 12.4. The van der Waals surface area contributed by atoms with Crippen LogP contribution in [0, 0.1) is 0 Å². The van der Waals surface area contributed by atoms with Gasteiger partial charge < -0.3 is 10.2 Å². The maximum Gasteiger partial charge on any atom is 0.255 e. The Labute approximate surface area is 119 Å². The second-order valence-corrected chi connectivity index (χ2v) is 5.04. The average Bonchev–Trinajstić information content (AvgIpc) is 2.35. The lowest BCUT2D eigenvalue weighted by molar-refractivity contribution is -0.122. The molecule has 5 heteroatoms. The molecule has 0 unspecified atom stereocenters. The molecule has 0 aromatic heterocycles. The summed E-state index contributed by atoms with van der Waals surface area (Å²) in [6.07, 6.45) is 0. The molecule has 0 aliphatic rings. The largest absolute Gasteiger partial charge is 0.352 e. The van der Waals surface area contributed by atoms with Crippen LogP contribution in [0.4, 0.5) is 0 Å². The van der Waals surface area contributed by atoms with Gasteiger partial charge in [0.15, 0.2) is 0 Å². The van der Waals surface area contributed by atoms with Gasteiger partial charge in [-0.2, -0.15) is 0 Å². The van der Waals surface area contributed by atoms with Gasteiger partial charge in [-0.05, 0) is 32.9 Å². The van der Waals surface area contributed by atoms with Crippen LogP contribution >= 0.6 is 12.6 Å². The van der Waals surface area contributed by atoms with Gasteiger partial charge in [-0.3, -0.25) is 9.59 Å². The molecule has 0 saturated carbocycles. The minimum Gasteiger partial charge on any atom is -0.352 e. The molecule has 0 bridgehead atoms. The summed E-state index contributed by atoms with van der Waals surface area (Å²) < 4.78 is 0. The Morgan fingerprint density at radius 1 is 1.32 bits per heavy atom. The second-order valence-electron chi connectivity index (χ2n) is 4.56. The van der Waals surface area contributed by atoms with Crippen LogP contribution in [-0.4, -0.2) is 35.8 Å². The molecule has 0 spiro atoms. The lowest BCUT2D eigenvalue weighted by Crippen LogP contribution is -2.42. The normalized spacial score (nSPS) is 10.4. The highest BCUT2D eigenvalue weighted by molar-refractivity contribution is 7.80. The molecule has 2 amide bonds. The standard InChI is InChI=1S/C14H20N2O2S/c1-4-16(9-13(17)15-10(2)3)14(18)11-7-5-6-8-12(11)19/h5-8,10,19H,4,9H2,1-3H3,(H,15,17). The number of hydrogen-bond acceptors (Lipinski definition) is 3. The van der Waals surface area contributed by atoms with Crippen molar-refractivity contribution in [3.05, 3.63) is 29.8 Å². The van der Waals surface area contributed by atoms with E-state index in [1.54, 1.807) is 18.2 Å². The number of likely N-dealkylation sites (N-methyl/N-ethyl adjacent to an activating group) is 1. The molecule has 1 aromatic carbocycles. The highest BCUT2D eigenvalue weighted by Crippen LogP contribution is 2.15. The zero-order chi connectivity index (χ0) is 14.4. The van der Waals surface area contributed by atoms with Crippen molar-refractivity contribution in [3.63, 3.8) is 0 Å². The Hall–Kier alpha value is -1.49. The number of hydrogen-bond donors (Lipinski definition) is 2. The van der Waals surface area contributed by atoms with Gasteiger partial charge in [-0.1, -0.05) is 12.1 Å². The Morgan fingerprint density at radius 2 is 1.95 bits per heavy atom. The fourth-order valence-corrected chi connectivity index (χ4v) is 1.95. The predicted octanol–water partition coefficient (Wildman–Crippen LogP) is 1.96. The molecule has 1 rings (SSSR count). The smallest absolute Gasteiger partial charge is 0.255 e. The van der Waals surface area contributed by atoms with Crippen molar-refractivity contribution >= 4 is 24.4 Å². The first kappa shape index (κ1) is 15.6. The van der Waals surface area contributed by atoms with E-state index in [0.29, 0.717) is 17.0 Å². The van der Waals surface area contributed by atoms with E-state index in [0.717, 1.165) is 0 Å². The number of nitrogens with zero attached hydrogens (tertiary/aromatic N) is 1. The maximum absolute atomic E-state index is 12.3. The van der Waals surface area contributed by atoms with Crippen molar-refractivity contribution in [1.82, 2.24) is 10.2 Å². The maximum atomic E-state index is 12.3. The lowest BCUT2D eigenvalue weighted by Gasteiger charge is -2.21. The summed E-state index contributed by atoms with van der Waals surface area (Å²) in [5, 5.41) is 2.78. The van der Waals surface area contributed by atoms with E-state index in [-0.39, 0.29) is 24.4 Å². The molecule has 1 aromatic rings. The minimum absolute atomic E-state index is 0.0651. The fourth-order valence-electron chi connectivity index (χ4n) is 1.69. The van der Waals surface area contributed by atoms with Crippen molar-refractivity contribution in [3.8, 4) is 0 Å². The van der Waals surface area contributed by atoms with Gasteiger partial charge >= 0.3 is 0 Å². The first-order valence-electron chi connectivity index (χ1n) is 6.32. The predicted molar refractivity (Wildman–Crippen MR) is 78.6 cm³/mol. The van der Waals surface area contributed by atoms with Gasteiger partial charge in [0.2, 0.25) is 5.91 Å². The first-order chi connectivity index (χ1) is 8.95. The van der Waals surface area contributed by atoms with Crippen molar-refractivity contribution in [1.29, 1.82) is 0 Å². The van der Waals surface area contributed by atoms with Crippen LogP contribution in [0.1, 0.15) is 31.1 Å². The summed E-state index contributed by atoms with van der Waals surface area (Å²) in [5.41, 5.74) is 0.519. The number of carbonyl (C=O) groups is 2. The topological polar surface area (TPSA) is 49.4 Å². The van der Waals surface area contributed by atoms with Crippen LogP contribution < -0.4 is 5.32 Å². The van der Waals surface area contributed by atoms with Crippen LogP contribution in [0.2, 0.25) is 0 Å². The number of thiol groups is 1. The molecule has 0 aliphatic heterocycles. The van der Waals surface area contributed by atoms with Gasteiger partial charge in [0.1, 0.15) is 0 Å². The Morgan fingerprint density at radius 3 is 2.47 bits per heavy atom. The number of rotatable bonds is 5. The van der Waals surface area contributed by atoms with E-state index in [4.69, 9.17) is 0 Å². The van der Waals surface area contributed by atoms with Crippen molar-refractivity contribution < 1.29 is 9.59 Å². The molecule has 0 heterocycles. The molecule has 0 atom stereocenters. The molecular formula is C14H20N2O2S.